The van der Waals surface area contributed by atoms with Gasteiger partial charge in [-0.3, -0.25) is 0 Å². The van der Waals surface area contributed by atoms with Crippen LogP contribution in [-0.2, 0) is 9.59 Å². The lowest BCUT2D eigenvalue weighted by molar-refractivity contribution is -0.134. The van der Waals surface area contributed by atoms with E-state index >= 15 is 0 Å². The maximum atomic E-state index is 10.0. The van der Waals surface area contributed by atoms with Gasteiger partial charge in [0.05, 0.1) is 6.10 Å². The average Bonchev–Trinajstić information content (AvgIpc) is 2.58. The summed E-state index contributed by atoms with van der Waals surface area (Å²) in [5.41, 5.74) is 0.519. The van der Waals surface area contributed by atoms with Crippen LogP contribution in [-0.4, -0.2) is 50.1 Å². The van der Waals surface area contributed by atoms with Crippen molar-refractivity contribution in [1.82, 2.24) is 5.32 Å². The third kappa shape index (κ3) is 13.3. The fourth-order valence-corrected chi connectivity index (χ4v) is 2.19. The highest BCUT2D eigenvalue weighted by Gasteiger charge is 2.11. The Morgan fingerprint density at radius 3 is 2.00 bits per heavy atom. The Morgan fingerprint density at radius 2 is 1.56 bits per heavy atom. The minimum atomic E-state index is -1.26. The summed E-state index contributed by atoms with van der Waals surface area (Å²) in [4.78, 5) is 19.1. The van der Waals surface area contributed by atoms with Crippen LogP contribution in [0.2, 0.25) is 0 Å². The van der Waals surface area contributed by atoms with Gasteiger partial charge in [0.15, 0.2) is 0 Å². The van der Waals surface area contributed by atoms with Crippen LogP contribution < -0.4 is 5.32 Å². The number of phenolic OH excluding ortho intramolecular Hbond substituents is 2. The molecule has 152 valence electrons. The Labute approximate surface area is 158 Å². The number of unbranched alkanes of at least 4 members (excludes halogenated alkanes) is 2. The van der Waals surface area contributed by atoms with Crippen molar-refractivity contribution in [3.63, 3.8) is 0 Å². The summed E-state index contributed by atoms with van der Waals surface area (Å²) in [6.07, 6.45) is 5.10. The van der Waals surface area contributed by atoms with Crippen molar-refractivity contribution < 1.29 is 35.1 Å². The molecule has 0 aliphatic heterocycles. The zero-order valence-corrected chi connectivity index (χ0v) is 15.6. The van der Waals surface area contributed by atoms with Crippen LogP contribution in [0, 0.1) is 0 Å². The number of aliphatic carboxylic acids is 2. The predicted molar refractivity (Wildman–Crippen MR) is 101 cm³/mol. The van der Waals surface area contributed by atoms with E-state index in [9.17, 15) is 24.9 Å². The quantitative estimate of drug-likeness (QED) is 0.267. The first-order chi connectivity index (χ1) is 12.6. The van der Waals surface area contributed by atoms with E-state index in [4.69, 9.17) is 10.2 Å². The summed E-state index contributed by atoms with van der Waals surface area (Å²) in [6.45, 7) is 4.69. The standard InChI is InChI=1S/C15H25NO3.C4H4O4/c1-3-4-5-6-11(2)16-10-15(19)12-7-13(17)9-14(18)8-12;5-3(6)1-2-4(7)8/h7-9,11,15-19H,3-6,10H2,1-2H3;1-2H,(H,5,6)(H,7,8)/t11-,15-;/m1./s1. The zero-order chi connectivity index (χ0) is 20.8. The fraction of sp³-hybridized carbons (Fsp3) is 0.474. The van der Waals surface area contributed by atoms with Gasteiger partial charge < -0.3 is 30.8 Å². The predicted octanol–water partition coefficient (Wildman–Crippen LogP) is 2.40. The van der Waals surface area contributed by atoms with Gasteiger partial charge in [-0.2, -0.15) is 0 Å². The summed E-state index contributed by atoms with van der Waals surface area (Å²) in [6, 6.07) is 4.53. The summed E-state index contributed by atoms with van der Waals surface area (Å²) in [5.74, 6) is -2.59. The van der Waals surface area contributed by atoms with Crippen molar-refractivity contribution in [3.8, 4) is 11.5 Å². The van der Waals surface area contributed by atoms with Crippen LogP contribution >= 0.6 is 0 Å². The molecule has 1 rings (SSSR count). The molecule has 0 bridgehead atoms. The smallest absolute Gasteiger partial charge is 0.328 e. The van der Waals surface area contributed by atoms with Gasteiger partial charge in [-0.05, 0) is 31.0 Å². The van der Waals surface area contributed by atoms with Gasteiger partial charge >= 0.3 is 11.9 Å². The second-order valence-electron chi connectivity index (χ2n) is 6.11. The molecule has 0 amide bonds. The molecule has 0 heterocycles. The number of aromatic hydroxyl groups is 2. The number of aliphatic hydroxyl groups excluding tert-OH is 1. The van der Waals surface area contributed by atoms with Gasteiger partial charge in [-0.15, -0.1) is 0 Å². The lowest BCUT2D eigenvalue weighted by atomic mass is 10.1. The monoisotopic (exact) mass is 383 g/mol. The second kappa shape index (κ2) is 13.6. The maximum absolute atomic E-state index is 10.0. The van der Waals surface area contributed by atoms with Crippen molar-refractivity contribution in [3.05, 3.63) is 35.9 Å². The van der Waals surface area contributed by atoms with E-state index in [0.29, 0.717) is 30.3 Å². The van der Waals surface area contributed by atoms with E-state index in [0.717, 1.165) is 6.42 Å². The number of rotatable bonds is 10. The number of hydrogen-bond acceptors (Lipinski definition) is 6. The fourth-order valence-electron chi connectivity index (χ4n) is 2.19. The molecular weight excluding hydrogens is 354 g/mol. The molecule has 0 radical (unpaired) electrons. The number of carboxylic acids is 2. The van der Waals surface area contributed by atoms with Gasteiger partial charge in [0.1, 0.15) is 11.5 Å². The SMILES string of the molecule is CCCCC[C@@H](C)NC[C@@H](O)c1cc(O)cc(O)c1.O=C(O)C=CC(=O)O. The van der Waals surface area contributed by atoms with Crippen LogP contribution in [0.3, 0.4) is 0 Å². The van der Waals surface area contributed by atoms with Gasteiger partial charge in [-0.25, -0.2) is 9.59 Å². The Kier molecular flexibility index (Phi) is 12.3. The first-order valence-corrected chi connectivity index (χ1v) is 8.74. The van der Waals surface area contributed by atoms with Crippen molar-refractivity contribution >= 4 is 11.9 Å². The molecule has 8 nitrogen and oxygen atoms in total. The highest BCUT2D eigenvalue weighted by Crippen LogP contribution is 2.24. The number of hydrogen-bond donors (Lipinski definition) is 6. The number of carbonyl (C=O) groups is 2. The molecule has 8 heteroatoms. The van der Waals surface area contributed by atoms with Crippen molar-refractivity contribution in [1.29, 1.82) is 0 Å². The highest BCUT2D eigenvalue weighted by atomic mass is 16.4. The van der Waals surface area contributed by atoms with Crippen LogP contribution in [0.25, 0.3) is 0 Å². The molecule has 0 fully saturated rings. The van der Waals surface area contributed by atoms with E-state index in [1.807, 2.05) is 0 Å². The number of benzene rings is 1. The van der Waals surface area contributed by atoms with Crippen LogP contribution in [0.15, 0.2) is 30.4 Å². The lowest BCUT2D eigenvalue weighted by Gasteiger charge is -2.17. The normalized spacial score (nSPS) is 12.9. The summed E-state index contributed by atoms with van der Waals surface area (Å²) in [7, 11) is 0. The Morgan fingerprint density at radius 1 is 1.04 bits per heavy atom. The van der Waals surface area contributed by atoms with E-state index in [1.165, 1.54) is 37.5 Å². The lowest BCUT2D eigenvalue weighted by Crippen LogP contribution is -2.30. The highest BCUT2D eigenvalue weighted by molar-refractivity contribution is 5.89. The molecule has 0 saturated carbocycles. The Balaban J connectivity index is 0.000000713. The zero-order valence-electron chi connectivity index (χ0n) is 15.6. The molecule has 1 aromatic carbocycles. The molecular formula is C19H29NO7. The van der Waals surface area contributed by atoms with Crippen molar-refractivity contribution in [2.24, 2.45) is 0 Å². The maximum Gasteiger partial charge on any atom is 0.328 e. The largest absolute Gasteiger partial charge is 0.508 e. The molecule has 2 atom stereocenters. The molecule has 0 saturated heterocycles. The van der Waals surface area contributed by atoms with E-state index in [2.05, 4.69) is 19.2 Å². The minimum Gasteiger partial charge on any atom is -0.508 e. The van der Waals surface area contributed by atoms with Crippen molar-refractivity contribution in [2.45, 2.75) is 51.7 Å². The van der Waals surface area contributed by atoms with E-state index < -0.39 is 18.0 Å². The first kappa shape index (κ1) is 24.4. The summed E-state index contributed by atoms with van der Waals surface area (Å²) < 4.78 is 0. The molecule has 0 aliphatic rings. The van der Waals surface area contributed by atoms with Crippen LogP contribution in [0.5, 0.6) is 11.5 Å². The molecule has 0 aromatic heterocycles. The van der Waals surface area contributed by atoms with Gasteiger partial charge in [-0.1, -0.05) is 26.2 Å². The number of nitrogens with one attached hydrogen (secondary N) is 1. The molecule has 1 aromatic rings. The van der Waals surface area contributed by atoms with Crippen LogP contribution in [0.1, 0.15) is 51.2 Å². The van der Waals surface area contributed by atoms with Crippen LogP contribution in [0.4, 0.5) is 0 Å². The molecule has 27 heavy (non-hydrogen) atoms. The number of phenols is 2. The Bertz CT molecular complexity index is 580. The molecule has 6 N–H and O–H groups in total. The molecule has 0 spiro atoms. The molecule has 0 unspecified atom stereocenters. The average molecular weight is 383 g/mol. The summed E-state index contributed by atoms with van der Waals surface area (Å²) in [5, 5.41) is 47.6. The topological polar surface area (TPSA) is 147 Å². The minimum absolute atomic E-state index is 0.0370. The van der Waals surface area contributed by atoms with Gasteiger partial charge in [0.25, 0.3) is 0 Å². The van der Waals surface area contributed by atoms with Crippen molar-refractivity contribution in [2.75, 3.05) is 6.54 Å². The second-order valence-corrected chi connectivity index (χ2v) is 6.11. The number of aliphatic hydroxyl groups is 1. The van der Waals surface area contributed by atoms with E-state index in [1.54, 1.807) is 0 Å². The summed E-state index contributed by atoms with van der Waals surface area (Å²) >= 11 is 0. The number of carboxylic acid groups (broad SMARTS) is 2. The van der Waals surface area contributed by atoms with Gasteiger partial charge in [0, 0.05) is 30.8 Å². The molecule has 0 aliphatic carbocycles. The first-order valence-electron chi connectivity index (χ1n) is 8.74. The third-order valence-corrected chi connectivity index (χ3v) is 3.58. The van der Waals surface area contributed by atoms with Gasteiger partial charge in [0.2, 0.25) is 0 Å². The third-order valence-electron chi connectivity index (χ3n) is 3.58. The van der Waals surface area contributed by atoms with E-state index in [-0.39, 0.29) is 11.5 Å². The Hall–Kier alpha value is -2.58.